The lowest BCUT2D eigenvalue weighted by atomic mass is 10.0. The summed E-state index contributed by atoms with van der Waals surface area (Å²) in [7, 11) is 3.97. The summed E-state index contributed by atoms with van der Waals surface area (Å²) in [5, 5.41) is 3.14. The zero-order valence-electron chi connectivity index (χ0n) is 24.7. The second-order valence-corrected chi connectivity index (χ2v) is 10.7. The molecule has 2 atom stereocenters. The molecule has 8 nitrogen and oxygen atoms in total. The van der Waals surface area contributed by atoms with Crippen LogP contribution in [0.3, 0.4) is 0 Å². The first-order valence-corrected chi connectivity index (χ1v) is 13.9. The lowest BCUT2D eigenvalue weighted by molar-refractivity contribution is -0.146. The Bertz CT molecular complexity index is 1270. The van der Waals surface area contributed by atoms with Gasteiger partial charge in [0.2, 0.25) is 5.91 Å². The molecule has 1 saturated heterocycles. The smallest absolute Gasteiger partial charge is 0.255 e. The number of hydrogen-bond donors (Lipinski definition) is 1. The predicted octanol–water partition coefficient (Wildman–Crippen LogP) is 4.22. The molecule has 2 aliphatic rings. The van der Waals surface area contributed by atoms with Crippen LogP contribution >= 0.6 is 0 Å². The molecule has 2 aliphatic heterocycles. The molecule has 8 heteroatoms. The molecular formula is C32H43N5O3. The summed E-state index contributed by atoms with van der Waals surface area (Å²) in [6.07, 6.45) is 9.55. The molecule has 0 aliphatic carbocycles. The van der Waals surface area contributed by atoms with Gasteiger partial charge in [-0.1, -0.05) is 62.9 Å². The number of carbonyl (C=O) groups excluding carboxylic acids is 3. The number of amides is 2. The fourth-order valence-electron chi connectivity index (χ4n) is 5.33. The standard InChI is InChI=1S/C19H26N2O3.C13H17N3/c1-5-8-14-11-21(18(23)16(14)6-2)17(13(3)4)19(24)20-10-7-9-15(20)12-22;1-10-13(15-9-16(10)3)12-6-4-11(5-7-12)8-14-2/h5-6,8,12-13,15,17H,2,7,9-11H2,1,3-4H3;4-7,9,14H,8H2,1-3H3/b8-5-;. The summed E-state index contributed by atoms with van der Waals surface area (Å²) in [6, 6.07) is 7.61. The predicted molar refractivity (Wildman–Crippen MR) is 159 cm³/mol. The van der Waals surface area contributed by atoms with Crippen molar-refractivity contribution in [3.8, 4) is 11.3 Å². The van der Waals surface area contributed by atoms with Crippen molar-refractivity contribution in [3.05, 3.63) is 77.8 Å². The molecule has 1 aromatic carbocycles. The van der Waals surface area contributed by atoms with E-state index in [9.17, 15) is 14.4 Å². The third-order valence-corrected chi connectivity index (χ3v) is 7.55. The molecule has 1 fully saturated rings. The maximum Gasteiger partial charge on any atom is 0.255 e. The molecule has 0 bridgehead atoms. The topological polar surface area (TPSA) is 87.5 Å². The Balaban J connectivity index is 0.000000238. The molecule has 40 heavy (non-hydrogen) atoms. The largest absolute Gasteiger partial charge is 0.337 e. The summed E-state index contributed by atoms with van der Waals surface area (Å²) in [4.78, 5) is 44.7. The number of aryl methyl sites for hydroxylation is 1. The first-order valence-electron chi connectivity index (χ1n) is 13.9. The van der Waals surface area contributed by atoms with Gasteiger partial charge in [0, 0.05) is 43.5 Å². The van der Waals surface area contributed by atoms with Crippen LogP contribution in [0.4, 0.5) is 0 Å². The van der Waals surface area contributed by atoms with Gasteiger partial charge in [-0.3, -0.25) is 9.59 Å². The molecule has 1 aromatic heterocycles. The van der Waals surface area contributed by atoms with E-state index in [1.807, 2.05) is 57.9 Å². The van der Waals surface area contributed by atoms with Crippen LogP contribution in [-0.4, -0.2) is 69.7 Å². The van der Waals surface area contributed by atoms with E-state index in [0.29, 0.717) is 25.1 Å². The highest BCUT2D eigenvalue weighted by atomic mass is 16.2. The highest BCUT2D eigenvalue weighted by Crippen LogP contribution is 2.29. The number of carbonyl (C=O) groups is 3. The number of nitrogens with one attached hydrogen (secondary N) is 1. The Morgan fingerprint density at radius 2 is 1.95 bits per heavy atom. The van der Waals surface area contributed by atoms with Gasteiger partial charge in [0.15, 0.2) is 0 Å². The Hall–Kier alpha value is -3.78. The Labute approximate surface area is 238 Å². The number of aldehydes is 1. The number of hydrogen-bond acceptors (Lipinski definition) is 5. The first kappa shape index (κ1) is 30.8. The Morgan fingerprint density at radius 1 is 1.25 bits per heavy atom. The number of imidazole rings is 1. The molecule has 4 rings (SSSR count). The van der Waals surface area contributed by atoms with Crippen LogP contribution < -0.4 is 5.32 Å². The van der Waals surface area contributed by atoms with Crippen molar-refractivity contribution in [2.24, 2.45) is 13.0 Å². The molecule has 2 amide bonds. The molecule has 1 N–H and O–H groups in total. The number of allylic oxidation sites excluding steroid dienone is 1. The van der Waals surface area contributed by atoms with Crippen LogP contribution in [0.2, 0.25) is 0 Å². The van der Waals surface area contributed by atoms with E-state index in [-0.39, 0.29) is 23.8 Å². The molecule has 0 spiro atoms. The van der Waals surface area contributed by atoms with Crippen LogP contribution in [0, 0.1) is 12.8 Å². The van der Waals surface area contributed by atoms with Crippen LogP contribution in [0.25, 0.3) is 11.3 Å². The monoisotopic (exact) mass is 545 g/mol. The van der Waals surface area contributed by atoms with Crippen molar-refractivity contribution in [3.63, 3.8) is 0 Å². The third kappa shape index (κ3) is 6.67. The van der Waals surface area contributed by atoms with Gasteiger partial charge in [-0.05, 0) is 50.8 Å². The highest BCUT2D eigenvalue weighted by molar-refractivity contribution is 6.03. The fraction of sp³-hybridized carbons (Fsp3) is 0.438. The van der Waals surface area contributed by atoms with E-state index < -0.39 is 6.04 Å². The summed E-state index contributed by atoms with van der Waals surface area (Å²) < 4.78 is 2.04. The molecule has 0 saturated carbocycles. The van der Waals surface area contributed by atoms with Crippen molar-refractivity contribution >= 4 is 18.1 Å². The molecule has 2 aromatic rings. The average molecular weight is 546 g/mol. The van der Waals surface area contributed by atoms with E-state index in [0.717, 1.165) is 30.5 Å². The minimum Gasteiger partial charge on any atom is -0.337 e. The van der Waals surface area contributed by atoms with Gasteiger partial charge in [-0.15, -0.1) is 0 Å². The molecule has 214 valence electrons. The third-order valence-electron chi connectivity index (χ3n) is 7.55. The number of likely N-dealkylation sites (tertiary alicyclic amines) is 1. The van der Waals surface area contributed by atoms with Gasteiger partial charge in [0.1, 0.15) is 12.3 Å². The van der Waals surface area contributed by atoms with Gasteiger partial charge < -0.3 is 24.5 Å². The van der Waals surface area contributed by atoms with Gasteiger partial charge in [-0.2, -0.15) is 0 Å². The van der Waals surface area contributed by atoms with E-state index in [1.165, 1.54) is 16.8 Å². The minimum atomic E-state index is -0.559. The SMILES string of the molecule is C=CC1=C(/C=C\C)CN(C(C(=O)N2CCCC2C=O)C(C)C)C1=O.CNCc1ccc(-c2ncn(C)c2C)cc1. The Kier molecular flexibility index (Phi) is 10.8. The molecule has 3 heterocycles. The van der Waals surface area contributed by atoms with Gasteiger partial charge >= 0.3 is 0 Å². The van der Waals surface area contributed by atoms with E-state index in [2.05, 4.69) is 48.1 Å². The molecular weight excluding hydrogens is 502 g/mol. The summed E-state index contributed by atoms with van der Waals surface area (Å²) in [5.41, 5.74) is 6.17. The van der Waals surface area contributed by atoms with Crippen molar-refractivity contribution in [2.45, 2.75) is 59.2 Å². The number of benzene rings is 1. The van der Waals surface area contributed by atoms with Crippen LogP contribution in [0.1, 0.15) is 44.9 Å². The van der Waals surface area contributed by atoms with Gasteiger partial charge in [-0.25, -0.2) is 4.98 Å². The lowest BCUT2D eigenvalue weighted by Crippen LogP contribution is -2.53. The number of rotatable bonds is 9. The summed E-state index contributed by atoms with van der Waals surface area (Å²) in [6.45, 7) is 13.5. The van der Waals surface area contributed by atoms with Crippen LogP contribution in [-0.2, 0) is 28.0 Å². The van der Waals surface area contributed by atoms with E-state index in [1.54, 1.807) is 15.9 Å². The van der Waals surface area contributed by atoms with Crippen LogP contribution in [0.15, 0.2) is 66.5 Å². The van der Waals surface area contributed by atoms with Crippen molar-refractivity contribution in [2.75, 3.05) is 20.1 Å². The summed E-state index contributed by atoms with van der Waals surface area (Å²) >= 11 is 0. The second kappa shape index (κ2) is 14.0. The van der Waals surface area contributed by atoms with Crippen molar-refractivity contribution < 1.29 is 14.4 Å². The Morgan fingerprint density at radius 3 is 2.48 bits per heavy atom. The maximum absolute atomic E-state index is 13.1. The van der Waals surface area contributed by atoms with Crippen molar-refractivity contribution in [1.82, 2.24) is 24.7 Å². The minimum absolute atomic E-state index is 0.0367. The quantitative estimate of drug-likeness (QED) is 0.477. The summed E-state index contributed by atoms with van der Waals surface area (Å²) in [5.74, 6) is -0.324. The van der Waals surface area contributed by atoms with Gasteiger partial charge in [0.25, 0.3) is 5.91 Å². The highest BCUT2D eigenvalue weighted by Gasteiger charge is 2.42. The van der Waals surface area contributed by atoms with E-state index >= 15 is 0 Å². The fourth-order valence-corrected chi connectivity index (χ4v) is 5.33. The molecule has 0 radical (unpaired) electrons. The first-order chi connectivity index (χ1) is 19.2. The molecule has 2 unspecified atom stereocenters. The number of nitrogens with zero attached hydrogens (tertiary/aromatic N) is 4. The van der Waals surface area contributed by atoms with Crippen molar-refractivity contribution in [1.29, 1.82) is 0 Å². The van der Waals surface area contributed by atoms with E-state index in [4.69, 9.17) is 0 Å². The zero-order valence-corrected chi connectivity index (χ0v) is 24.7. The average Bonchev–Trinajstić information content (AvgIpc) is 3.63. The number of aromatic nitrogens is 2. The zero-order chi connectivity index (χ0) is 29.4. The normalized spacial score (nSPS) is 18.0. The maximum atomic E-state index is 13.1. The lowest BCUT2D eigenvalue weighted by Gasteiger charge is -2.34. The second-order valence-electron chi connectivity index (χ2n) is 10.7. The van der Waals surface area contributed by atoms with Gasteiger partial charge in [0.05, 0.1) is 18.1 Å². The van der Waals surface area contributed by atoms with Crippen LogP contribution in [0.5, 0.6) is 0 Å².